The molecule has 0 saturated carbocycles. The van der Waals surface area contributed by atoms with E-state index in [1.54, 1.807) is 24.3 Å². The molecule has 12 atom stereocenters. The average molecular weight is 663 g/mol. The fourth-order valence-electron chi connectivity index (χ4n) is 9.20. The molecule has 0 aromatic heterocycles. The highest BCUT2D eigenvalue weighted by molar-refractivity contribution is 6.31. The molecule has 46 heavy (non-hydrogen) atoms. The van der Waals surface area contributed by atoms with Crippen molar-refractivity contribution >= 4 is 58.3 Å². The zero-order valence-corrected chi connectivity index (χ0v) is 25.3. The highest BCUT2D eigenvalue weighted by Gasteiger charge is 2.73. The normalized spacial score (nSPS) is 40.7. The molecule has 234 valence electrons. The standard InChI is InChI=1S/C32H24Cl2N4O8/c33-13-5-1-11(2-6-13)21-19-23-15-17(25(43-23)27(19)45-35-21)31(41)37(29(15)39)9-10-38-30(40)16-18(32(38)42)26-28-20(24(16)44-26)22(36-46-28)12-3-7-14(34)8-4-12/h1-8,15-20,23-28H,9-10H2. The molecule has 2 aromatic carbocycles. The third-order valence-corrected chi connectivity index (χ3v) is 11.6. The van der Waals surface area contributed by atoms with Crippen LogP contribution in [0.1, 0.15) is 11.1 Å². The Labute approximate surface area is 271 Å². The van der Waals surface area contributed by atoms with Gasteiger partial charge in [0.2, 0.25) is 23.6 Å². The molecule has 6 saturated heterocycles. The summed E-state index contributed by atoms with van der Waals surface area (Å²) in [4.78, 5) is 68.7. The van der Waals surface area contributed by atoms with E-state index >= 15 is 0 Å². The first-order valence-corrected chi connectivity index (χ1v) is 16.1. The molecule has 12 unspecified atom stereocenters. The lowest BCUT2D eigenvalue weighted by Crippen LogP contribution is -2.45. The van der Waals surface area contributed by atoms with Gasteiger partial charge < -0.3 is 19.1 Å². The predicted octanol–water partition coefficient (Wildman–Crippen LogP) is 1.90. The summed E-state index contributed by atoms with van der Waals surface area (Å²) >= 11 is 12.1. The largest absolute Gasteiger partial charge is 0.389 e. The van der Waals surface area contributed by atoms with Gasteiger partial charge in [0.15, 0.2) is 12.2 Å². The molecule has 12 nitrogen and oxygen atoms in total. The number of ether oxygens (including phenoxy) is 2. The zero-order chi connectivity index (χ0) is 31.2. The third-order valence-electron chi connectivity index (χ3n) is 11.1. The number of amides is 4. The zero-order valence-electron chi connectivity index (χ0n) is 23.8. The number of benzene rings is 2. The van der Waals surface area contributed by atoms with E-state index in [-0.39, 0.29) is 48.6 Å². The van der Waals surface area contributed by atoms with Gasteiger partial charge in [-0.1, -0.05) is 57.8 Å². The Kier molecular flexibility index (Phi) is 5.56. The van der Waals surface area contributed by atoms with Crippen LogP contribution in [-0.2, 0) is 38.3 Å². The highest BCUT2D eigenvalue weighted by Crippen LogP contribution is 2.56. The lowest BCUT2D eigenvalue weighted by atomic mass is 9.71. The van der Waals surface area contributed by atoms with Crippen molar-refractivity contribution < 1.29 is 38.3 Å². The summed E-state index contributed by atoms with van der Waals surface area (Å²) in [5.41, 5.74) is 2.96. The number of fused-ring (bicyclic) bond motifs is 16. The van der Waals surface area contributed by atoms with Gasteiger partial charge in [0, 0.05) is 23.1 Å². The molecular weight excluding hydrogens is 639 g/mol. The van der Waals surface area contributed by atoms with E-state index in [2.05, 4.69) is 10.3 Å². The average Bonchev–Trinajstić information content (AvgIpc) is 3.90. The van der Waals surface area contributed by atoms with Crippen LogP contribution in [0.25, 0.3) is 0 Å². The number of halogens is 2. The Bertz CT molecular complexity index is 1690. The van der Waals surface area contributed by atoms with Crippen LogP contribution in [-0.4, -0.2) is 94.6 Å². The SMILES string of the molecule is O=C1C2C3OC(C4C(c5ccc(Cl)cc5)=NOC34)C2C(=O)N1CCN1C(=O)C2C3OC(C4C(c5ccc(Cl)cc5)=NOC34)C2C1=O. The van der Waals surface area contributed by atoms with Crippen molar-refractivity contribution in [2.24, 2.45) is 45.8 Å². The number of carbonyl (C=O) groups excluding carboxylic acids is 4. The summed E-state index contributed by atoms with van der Waals surface area (Å²) in [7, 11) is 0. The van der Waals surface area contributed by atoms with Gasteiger partial charge in [0.05, 0.1) is 59.1 Å². The highest BCUT2D eigenvalue weighted by atomic mass is 35.5. The maximum atomic E-state index is 13.7. The summed E-state index contributed by atoms with van der Waals surface area (Å²) in [6, 6.07) is 14.4. The molecule has 0 aliphatic carbocycles. The van der Waals surface area contributed by atoms with E-state index in [1.807, 2.05) is 24.3 Å². The van der Waals surface area contributed by atoms with Gasteiger partial charge in [0.25, 0.3) is 0 Å². The maximum absolute atomic E-state index is 13.7. The Morgan fingerprint density at radius 3 is 1.22 bits per heavy atom. The van der Waals surface area contributed by atoms with E-state index < -0.39 is 60.3 Å². The van der Waals surface area contributed by atoms with Gasteiger partial charge in [-0.3, -0.25) is 29.0 Å². The molecule has 14 heteroatoms. The first-order chi connectivity index (χ1) is 22.3. The van der Waals surface area contributed by atoms with Crippen LogP contribution in [0.2, 0.25) is 10.0 Å². The van der Waals surface area contributed by atoms with E-state index in [4.69, 9.17) is 42.4 Å². The molecule has 0 N–H and O–H groups in total. The lowest BCUT2D eigenvalue weighted by Gasteiger charge is -2.26. The summed E-state index contributed by atoms with van der Waals surface area (Å²) in [6.07, 6.45) is -3.34. The Morgan fingerprint density at radius 2 is 0.848 bits per heavy atom. The lowest BCUT2D eigenvalue weighted by molar-refractivity contribution is -0.148. The van der Waals surface area contributed by atoms with Crippen molar-refractivity contribution in [1.29, 1.82) is 0 Å². The van der Waals surface area contributed by atoms with Crippen molar-refractivity contribution in [3.05, 3.63) is 69.7 Å². The molecule has 0 radical (unpaired) electrons. The number of imide groups is 2. The number of nitrogens with zero attached hydrogens (tertiary/aromatic N) is 4. The maximum Gasteiger partial charge on any atom is 0.236 e. The number of carbonyl (C=O) groups is 4. The molecule has 8 aliphatic heterocycles. The molecule has 8 heterocycles. The van der Waals surface area contributed by atoms with Crippen molar-refractivity contribution in [3.63, 3.8) is 0 Å². The van der Waals surface area contributed by atoms with E-state index in [1.165, 1.54) is 9.80 Å². The predicted molar refractivity (Wildman–Crippen MR) is 157 cm³/mol. The number of oxime groups is 2. The number of likely N-dealkylation sites (tertiary alicyclic amines) is 2. The number of hydrogen-bond acceptors (Lipinski definition) is 10. The van der Waals surface area contributed by atoms with Crippen LogP contribution in [0.5, 0.6) is 0 Å². The second-order valence-electron chi connectivity index (χ2n) is 13.0. The second kappa shape index (κ2) is 9.37. The van der Waals surface area contributed by atoms with Crippen LogP contribution in [0.15, 0.2) is 58.8 Å². The first-order valence-electron chi connectivity index (χ1n) is 15.3. The molecule has 4 amide bonds. The van der Waals surface area contributed by atoms with Gasteiger partial charge >= 0.3 is 0 Å². The van der Waals surface area contributed by atoms with E-state index in [0.717, 1.165) is 11.1 Å². The van der Waals surface area contributed by atoms with Gasteiger partial charge in [-0.25, -0.2) is 0 Å². The van der Waals surface area contributed by atoms with Crippen molar-refractivity contribution in [2.75, 3.05) is 13.1 Å². The molecule has 4 bridgehead atoms. The van der Waals surface area contributed by atoms with Gasteiger partial charge in [-0.05, 0) is 35.4 Å². The molecule has 6 fully saturated rings. The Hall–Kier alpha value is -3.84. The smallest absolute Gasteiger partial charge is 0.236 e. The van der Waals surface area contributed by atoms with E-state index in [0.29, 0.717) is 21.5 Å². The fourth-order valence-corrected chi connectivity index (χ4v) is 9.45. The first kappa shape index (κ1) is 27.3. The minimum absolute atomic E-state index is 0.0909. The third kappa shape index (κ3) is 3.37. The summed E-state index contributed by atoms with van der Waals surface area (Å²) in [5.74, 6) is -4.86. The van der Waals surface area contributed by atoms with Crippen LogP contribution in [0, 0.1) is 35.5 Å². The number of hydrogen-bond donors (Lipinski definition) is 0. The van der Waals surface area contributed by atoms with Crippen molar-refractivity contribution in [2.45, 2.75) is 36.6 Å². The summed E-state index contributed by atoms with van der Waals surface area (Å²) < 4.78 is 12.4. The van der Waals surface area contributed by atoms with Gasteiger partial charge in [-0.15, -0.1) is 0 Å². The minimum atomic E-state index is -0.700. The topological polar surface area (TPSA) is 136 Å². The van der Waals surface area contributed by atoms with Gasteiger partial charge in [-0.2, -0.15) is 0 Å². The molecule has 0 spiro atoms. The number of rotatable bonds is 5. The van der Waals surface area contributed by atoms with Crippen LogP contribution >= 0.6 is 23.2 Å². The molecule has 2 aromatic rings. The van der Waals surface area contributed by atoms with Crippen LogP contribution < -0.4 is 0 Å². The molecule has 10 rings (SSSR count). The quantitative estimate of drug-likeness (QED) is 0.443. The fraction of sp³-hybridized carbons (Fsp3) is 0.438. The molecule has 8 aliphatic rings. The molecular formula is C32H24Cl2N4O8. The monoisotopic (exact) mass is 662 g/mol. The second-order valence-corrected chi connectivity index (χ2v) is 13.9. The van der Waals surface area contributed by atoms with Crippen LogP contribution in [0.3, 0.4) is 0 Å². The minimum Gasteiger partial charge on any atom is -0.389 e. The van der Waals surface area contributed by atoms with Crippen molar-refractivity contribution in [1.82, 2.24) is 9.80 Å². The van der Waals surface area contributed by atoms with Crippen molar-refractivity contribution in [3.8, 4) is 0 Å². The summed E-state index contributed by atoms with van der Waals surface area (Å²) in [6.45, 7) is -0.182. The van der Waals surface area contributed by atoms with Gasteiger partial charge in [0.1, 0.15) is 12.2 Å². The summed E-state index contributed by atoms with van der Waals surface area (Å²) in [5, 5.41) is 9.77. The van der Waals surface area contributed by atoms with E-state index in [9.17, 15) is 19.2 Å². The Morgan fingerprint density at radius 1 is 0.500 bits per heavy atom. The van der Waals surface area contributed by atoms with Crippen LogP contribution in [0.4, 0.5) is 0 Å². The Balaban J connectivity index is 0.853.